The third kappa shape index (κ3) is 18.2. The van der Waals surface area contributed by atoms with Crippen LogP contribution in [0.25, 0.3) is 11.3 Å². The first kappa shape index (κ1) is 59.1. The lowest BCUT2D eigenvalue weighted by atomic mass is 9.87. The third-order valence-electron chi connectivity index (χ3n) is 15.1. The van der Waals surface area contributed by atoms with Crippen LogP contribution in [0.2, 0.25) is 0 Å². The van der Waals surface area contributed by atoms with Crippen molar-refractivity contribution in [3.63, 3.8) is 0 Å². The third-order valence-corrected chi connectivity index (χ3v) is 16.1. The van der Waals surface area contributed by atoms with Gasteiger partial charge < -0.3 is 44.5 Å². The number of likely N-dealkylation sites (N-methyl/N-ethyl adjacent to an activating group) is 1. The topological polar surface area (TPSA) is 172 Å². The van der Waals surface area contributed by atoms with Crippen LogP contribution in [0.15, 0.2) is 114 Å². The fraction of sp³-hybridized carbons (Fsp3) is 0.468. The van der Waals surface area contributed by atoms with Gasteiger partial charge in [0, 0.05) is 91.5 Å². The van der Waals surface area contributed by atoms with Crippen LogP contribution in [0, 0.1) is 0 Å². The Balaban J connectivity index is 0.760. The normalized spacial score (nSPS) is 16.5. The molecule has 79 heavy (non-hydrogen) atoms. The zero-order valence-corrected chi connectivity index (χ0v) is 46.8. The number of pyridine rings is 1. The number of aryl methyl sites for hydroxylation is 1. The molecule has 16 nitrogen and oxygen atoms in total. The predicted molar refractivity (Wildman–Crippen MR) is 309 cm³/mol. The number of fused-ring (bicyclic) bond motifs is 1. The number of ether oxygens (including phenoxy) is 4. The molecule has 3 aliphatic rings. The highest BCUT2D eigenvalue weighted by molar-refractivity contribution is 7.98. The van der Waals surface area contributed by atoms with Gasteiger partial charge in [0.25, 0.3) is 11.8 Å². The zero-order chi connectivity index (χ0) is 55.1. The lowest BCUT2D eigenvalue weighted by Gasteiger charge is -2.34. The van der Waals surface area contributed by atoms with E-state index in [2.05, 4.69) is 69.0 Å². The lowest BCUT2D eigenvalue weighted by molar-refractivity contribution is -0.825. The Kier molecular flexibility index (Phi) is 23.3. The summed E-state index contributed by atoms with van der Waals surface area (Å²) in [6.45, 7) is 10.3. The summed E-state index contributed by atoms with van der Waals surface area (Å²) < 4.78 is 22.7. The number of nitrogens with one attached hydrogen (secondary N) is 2. The largest absolute Gasteiger partial charge is 0.394 e. The van der Waals surface area contributed by atoms with Gasteiger partial charge in [-0.15, -0.1) is 11.8 Å². The molecule has 2 aliphatic heterocycles. The maximum absolute atomic E-state index is 14.1. The summed E-state index contributed by atoms with van der Waals surface area (Å²) in [7, 11) is 1.92. The van der Waals surface area contributed by atoms with E-state index in [0.29, 0.717) is 114 Å². The van der Waals surface area contributed by atoms with Crippen molar-refractivity contribution >= 4 is 47.3 Å². The summed E-state index contributed by atoms with van der Waals surface area (Å²) in [4.78, 5) is 65.2. The number of quaternary nitrogens is 1. The molecule has 2 atom stereocenters. The van der Waals surface area contributed by atoms with E-state index in [-0.39, 0.29) is 34.9 Å². The standard InChI is InChI=1S/C62H79N7O9S/c1-69(47-71,32-36-77-39-41-78-40-38-75-34-22-60(72)68-28-26-66(27-29-68)30-35-76-37-33-70)31-21-48-10-8-15-54(43-48)79-46-49-11-7-14-51(42-49)61(73)65-58-19-18-53(67-24-5-2-6-25-67)45-56(58)59-44-52(20-23-63-59)62(74)64-57-17-9-13-50-12-3-4-16-55(50)57/h3-4,7-8,10-12,14-16,18-20,23,42-45,47,57,70H,2,5-6,9,13,17,21-22,24-41,46H2,1H3,(H-,63,64,65,73,74)/p+1. The van der Waals surface area contributed by atoms with Gasteiger partial charge in [0.2, 0.25) is 5.91 Å². The Morgan fingerprint density at radius 2 is 1.47 bits per heavy atom. The summed E-state index contributed by atoms with van der Waals surface area (Å²) in [6.07, 6.45) is 10.1. The van der Waals surface area contributed by atoms with Gasteiger partial charge in [0.05, 0.1) is 96.9 Å². The van der Waals surface area contributed by atoms with Crippen LogP contribution < -0.4 is 15.5 Å². The first-order valence-electron chi connectivity index (χ1n) is 28.3. The smallest absolute Gasteiger partial charge is 0.301 e. The molecule has 0 spiro atoms. The Bertz CT molecular complexity index is 2750. The first-order valence-corrected chi connectivity index (χ1v) is 29.2. The average Bonchev–Trinajstić information content (AvgIpc) is 3.50. The minimum atomic E-state index is -0.232. The van der Waals surface area contributed by atoms with Gasteiger partial charge in [0.15, 0.2) is 0 Å². The zero-order valence-electron chi connectivity index (χ0n) is 46.0. The number of piperidine rings is 1. The molecule has 1 aliphatic carbocycles. The van der Waals surface area contributed by atoms with Gasteiger partial charge in [-0.1, -0.05) is 48.5 Å². The predicted octanol–water partition coefficient (Wildman–Crippen LogP) is 7.83. The Hall–Kier alpha value is -6.02. The molecular weight excluding hydrogens is 1020 g/mol. The first-order chi connectivity index (χ1) is 38.7. The molecule has 2 unspecified atom stereocenters. The second-order valence-electron chi connectivity index (χ2n) is 20.8. The number of aliphatic hydroxyl groups is 1. The SMILES string of the molecule is C[N+](C=O)(CCOCCOCCOCCC(=O)N1CCN(CCOCCO)CC1)CCc1cccc(SCc2cccc(C(=O)Nc3ccc(N4CCCCC4)cc3-c3cc(C(=O)NC4CCCc5ccccc54)ccn3)c2)c1. The molecule has 3 N–H and O–H groups in total. The number of amides is 4. The highest BCUT2D eigenvalue weighted by atomic mass is 32.2. The summed E-state index contributed by atoms with van der Waals surface area (Å²) in [5.41, 5.74) is 8.73. The summed E-state index contributed by atoms with van der Waals surface area (Å²) in [6, 6.07) is 34.1. The molecule has 5 aromatic rings. The van der Waals surface area contributed by atoms with Gasteiger partial charge in [-0.3, -0.25) is 28.8 Å². The second-order valence-corrected chi connectivity index (χ2v) is 21.9. The average molecular weight is 1100 g/mol. The molecule has 8 rings (SSSR count). The number of nitrogens with zero attached hydrogens (tertiary/aromatic N) is 5. The molecule has 0 saturated carbocycles. The molecular formula is C62H80N7O9S+. The number of hydrogen-bond acceptors (Lipinski definition) is 13. The van der Waals surface area contributed by atoms with Crippen LogP contribution in [-0.4, -0.2) is 174 Å². The van der Waals surface area contributed by atoms with E-state index in [1.54, 1.807) is 24.0 Å². The molecule has 0 radical (unpaired) electrons. The van der Waals surface area contributed by atoms with E-state index < -0.39 is 0 Å². The van der Waals surface area contributed by atoms with Crippen molar-refractivity contribution in [3.8, 4) is 11.3 Å². The van der Waals surface area contributed by atoms with Crippen LogP contribution in [0.5, 0.6) is 0 Å². The van der Waals surface area contributed by atoms with Crippen molar-refractivity contribution < 1.29 is 47.7 Å². The van der Waals surface area contributed by atoms with Crippen LogP contribution in [0.1, 0.15) is 87.5 Å². The highest BCUT2D eigenvalue weighted by Gasteiger charge is 2.25. The molecule has 4 amide bonds. The molecule has 2 fully saturated rings. The number of aliphatic hydroxyl groups excluding tert-OH is 1. The molecule has 422 valence electrons. The quantitative estimate of drug-likeness (QED) is 0.0176. The van der Waals surface area contributed by atoms with Gasteiger partial charge in [-0.2, -0.15) is 0 Å². The monoisotopic (exact) mass is 1100 g/mol. The summed E-state index contributed by atoms with van der Waals surface area (Å²) in [5.74, 6) is 0.379. The highest BCUT2D eigenvalue weighted by Crippen LogP contribution is 2.35. The van der Waals surface area contributed by atoms with Gasteiger partial charge in [0.1, 0.15) is 6.54 Å². The van der Waals surface area contributed by atoms with Crippen molar-refractivity contribution in [2.75, 3.05) is 136 Å². The summed E-state index contributed by atoms with van der Waals surface area (Å²) >= 11 is 1.70. The van der Waals surface area contributed by atoms with Gasteiger partial charge in [-0.25, -0.2) is 4.79 Å². The molecule has 4 aromatic carbocycles. The van der Waals surface area contributed by atoms with Crippen molar-refractivity contribution in [1.29, 1.82) is 0 Å². The number of rotatable bonds is 30. The van der Waals surface area contributed by atoms with Gasteiger partial charge >= 0.3 is 6.41 Å². The minimum Gasteiger partial charge on any atom is -0.394 e. The maximum atomic E-state index is 14.1. The van der Waals surface area contributed by atoms with Crippen molar-refractivity contribution in [2.24, 2.45) is 0 Å². The second kappa shape index (κ2) is 31.1. The number of anilines is 2. The van der Waals surface area contributed by atoms with Crippen molar-refractivity contribution in [3.05, 3.63) is 143 Å². The number of hydrogen-bond donors (Lipinski definition) is 3. The summed E-state index contributed by atoms with van der Waals surface area (Å²) in [5, 5.41) is 15.3. The Labute approximate surface area is 470 Å². The number of carbonyl (C=O) groups is 4. The minimum absolute atomic E-state index is 0.0280. The lowest BCUT2D eigenvalue weighted by Crippen LogP contribution is -2.49. The van der Waals surface area contributed by atoms with E-state index in [1.165, 1.54) is 17.5 Å². The fourth-order valence-electron chi connectivity index (χ4n) is 10.3. The van der Waals surface area contributed by atoms with Crippen LogP contribution in [0.3, 0.4) is 0 Å². The van der Waals surface area contributed by atoms with Gasteiger partial charge in [-0.05, 0) is 115 Å². The van der Waals surface area contributed by atoms with E-state index in [4.69, 9.17) is 29.0 Å². The van der Waals surface area contributed by atoms with Crippen LogP contribution >= 0.6 is 11.8 Å². The molecule has 3 heterocycles. The van der Waals surface area contributed by atoms with Crippen LogP contribution in [-0.2, 0) is 47.1 Å². The fourth-order valence-corrected chi connectivity index (χ4v) is 11.3. The number of aromatic nitrogens is 1. The van der Waals surface area contributed by atoms with E-state index >= 15 is 0 Å². The number of benzene rings is 4. The van der Waals surface area contributed by atoms with E-state index in [0.717, 1.165) is 105 Å². The Morgan fingerprint density at radius 3 is 2.28 bits per heavy atom. The molecule has 1 aromatic heterocycles. The van der Waals surface area contributed by atoms with Crippen molar-refractivity contribution in [2.45, 2.75) is 68.1 Å². The molecule has 17 heteroatoms. The number of piperazine rings is 1. The molecule has 0 bridgehead atoms. The maximum Gasteiger partial charge on any atom is 0.301 e. The Morgan fingerprint density at radius 1 is 0.722 bits per heavy atom. The molecule has 2 saturated heterocycles. The number of carbonyl (C=O) groups excluding carboxylic acids is 4. The van der Waals surface area contributed by atoms with Crippen LogP contribution in [0.4, 0.5) is 11.4 Å². The van der Waals surface area contributed by atoms with E-state index in [1.807, 2.05) is 60.5 Å². The van der Waals surface area contributed by atoms with Crippen molar-refractivity contribution in [1.82, 2.24) is 20.1 Å². The van der Waals surface area contributed by atoms with E-state index in [9.17, 15) is 19.2 Å². The number of thioether (sulfide) groups is 1.